The second kappa shape index (κ2) is 8.25. The minimum atomic E-state index is -0.659. The Balaban J connectivity index is 1.55. The molecule has 2 aromatic heterocycles. The standard InChI is InChI=1S/C23H21N3O5S/c1-25(2)8-5-9-26(21(27)15-10-14-6-3-4-7-17(14)31-22(15)28)23-24-16-11-18-19(30-13-29-18)12-20(16)32-23/h3-4,6-7,10-12H,5,8-9,13H2,1-2H3. The summed E-state index contributed by atoms with van der Waals surface area (Å²) < 4.78 is 17.2. The van der Waals surface area contributed by atoms with Crippen molar-refractivity contribution < 1.29 is 18.7 Å². The van der Waals surface area contributed by atoms with E-state index >= 15 is 0 Å². The van der Waals surface area contributed by atoms with E-state index in [-0.39, 0.29) is 12.4 Å². The van der Waals surface area contributed by atoms with E-state index in [1.54, 1.807) is 23.1 Å². The number of para-hydroxylation sites is 1. The molecule has 4 aromatic rings. The summed E-state index contributed by atoms with van der Waals surface area (Å²) in [4.78, 5) is 34.4. The third-order valence-electron chi connectivity index (χ3n) is 5.21. The first kappa shape index (κ1) is 20.5. The number of thiazole rings is 1. The Morgan fingerprint density at radius 2 is 1.88 bits per heavy atom. The van der Waals surface area contributed by atoms with Crippen molar-refractivity contribution in [3.05, 3.63) is 58.4 Å². The lowest BCUT2D eigenvalue weighted by atomic mass is 10.1. The van der Waals surface area contributed by atoms with E-state index in [2.05, 4.69) is 4.98 Å². The molecular formula is C23H21N3O5S. The number of amides is 1. The molecule has 0 saturated heterocycles. The monoisotopic (exact) mass is 451 g/mol. The van der Waals surface area contributed by atoms with Gasteiger partial charge in [-0.15, -0.1) is 0 Å². The first-order chi connectivity index (χ1) is 15.5. The molecule has 3 heterocycles. The average Bonchev–Trinajstić information content (AvgIpc) is 3.39. The zero-order valence-electron chi connectivity index (χ0n) is 17.7. The maximum absolute atomic E-state index is 13.5. The number of carbonyl (C=O) groups excluding carboxylic acids is 1. The van der Waals surface area contributed by atoms with E-state index in [4.69, 9.17) is 13.9 Å². The Labute approximate surface area is 187 Å². The number of ether oxygens (including phenoxy) is 2. The Bertz CT molecular complexity index is 1340. The predicted octanol–water partition coefficient (Wildman–Crippen LogP) is 3.73. The third kappa shape index (κ3) is 3.80. The van der Waals surface area contributed by atoms with Crippen LogP contribution in [0.25, 0.3) is 21.2 Å². The number of nitrogens with zero attached hydrogens (tertiary/aromatic N) is 3. The van der Waals surface area contributed by atoms with Gasteiger partial charge in [0.25, 0.3) is 5.91 Å². The van der Waals surface area contributed by atoms with Crippen molar-refractivity contribution in [2.24, 2.45) is 0 Å². The van der Waals surface area contributed by atoms with Crippen LogP contribution in [0.15, 0.2) is 51.7 Å². The Morgan fingerprint density at radius 3 is 2.69 bits per heavy atom. The number of rotatable bonds is 6. The van der Waals surface area contributed by atoms with Gasteiger partial charge in [-0.25, -0.2) is 9.78 Å². The quantitative estimate of drug-likeness (QED) is 0.413. The number of hydrogen-bond acceptors (Lipinski definition) is 8. The molecular weight excluding hydrogens is 430 g/mol. The lowest BCUT2D eigenvalue weighted by molar-refractivity contribution is 0.0982. The summed E-state index contributed by atoms with van der Waals surface area (Å²) in [6.07, 6.45) is 0.719. The van der Waals surface area contributed by atoms with Crippen LogP contribution < -0.4 is 20.0 Å². The van der Waals surface area contributed by atoms with Gasteiger partial charge in [0, 0.05) is 24.1 Å². The number of fused-ring (bicyclic) bond motifs is 3. The van der Waals surface area contributed by atoms with Crippen LogP contribution in [0.2, 0.25) is 0 Å². The van der Waals surface area contributed by atoms with E-state index in [1.807, 2.05) is 43.3 Å². The highest BCUT2D eigenvalue weighted by atomic mass is 32.1. The van der Waals surface area contributed by atoms with E-state index in [0.29, 0.717) is 39.7 Å². The van der Waals surface area contributed by atoms with Crippen LogP contribution in [-0.2, 0) is 0 Å². The van der Waals surface area contributed by atoms with Crippen LogP contribution in [0.4, 0.5) is 5.13 Å². The van der Waals surface area contributed by atoms with Gasteiger partial charge in [0.15, 0.2) is 16.6 Å². The minimum absolute atomic E-state index is 0.0121. The third-order valence-corrected chi connectivity index (χ3v) is 6.25. The van der Waals surface area contributed by atoms with Gasteiger partial charge in [-0.3, -0.25) is 9.69 Å². The Hall–Kier alpha value is -3.43. The minimum Gasteiger partial charge on any atom is -0.454 e. The fraction of sp³-hybridized carbons (Fsp3) is 0.261. The summed E-state index contributed by atoms with van der Waals surface area (Å²) in [5.41, 5.74) is 0.489. The van der Waals surface area contributed by atoms with Gasteiger partial charge < -0.3 is 18.8 Å². The van der Waals surface area contributed by atoms with Gasteiger partial charge in [-0.1, -0.05) is 29.5 Å². The molecule has 1 amide bonds. The highest BCUT2D eigenvalue weighted by Crippen LogP contribution is 2.40. The molecule has 2 aromatic carbocycles. The molecule has 1 aliphatic rings. The van der Waals surface area contributed by atoms with Crippen molar-refractivity contribution in [3.8, 4) is 11.5 Å². The largest absolute Gasteiger partial charge is 0.454 e. The zero-order valence-corrected chi connectivity index (χ0v) is 18.5. The maximum Gasteiger partial charge on any atom is 0.349 e. The van der Waals surface area contributed by atoms with Crippen molar-refractivity contribution in [2.75, 3.05) is 38.9 Å². The van der Waals surface area contributed by atoms with E-state index in [1.165, 1.54) is 11.3 Å². The van der Waals surface area contributed by atoms with E-state index < -0.39 is 11.5 Å². The number of anilines is 1. The summed E-state index contributed by atoms with van der Waals surface area (Å²) in [6, 6.07) is 12.4. The first-order valence-corrected chi connectivity index (χ1v) is 11.0. The molecule has 0 bridgehead atoms. The van der Waals surface area contributed by atoms with E-state index in [0.717, 1.165) is 17.7 Å². The predicted molar refractivity (Wildman–Crippen MR) is 123 cm³/mol. The lowest BCUT2D eigenvalue weighted by Crippen LogP contribution is -2.36. The molecule has 0 atom stereocenters. The van der Waals surface area contributed by atoms with Crippen LogP contribution in [0.5, 0.6) is 11.5 Å². The summed E-state index contributed by atoms with van der Waals surface area (Å²) in [7, 11) is 3.95. The van der Waals surface area contributed by atoms with Crippen LogP contribution in [-0.4, -0.2) is 49.8 Å². The van der Waals surface area contributed by atoms with Crippen molar-refractivity contribution in [2.45, 2.75) is 6.42 Å². The molecule has 1 aliphatic heterocycles. The second-order valence-electron chi connectivity index (χ2n) is 7.77. The van der Waals surface area contributed by atoms with Gasteiger partial charge in [0.2, 0.25) is 6.79 Å². The SMILES string of the molecule is CN(C)CCCN(C(=O)c1cc2ccccc2oc1=O)c1nc2cc3c(cc2s1)OCO3. The van der Waals surface area contributed by atoms with Gasteiger partial charge >= 0.3 is 5.63 Å². The Morgan fingerprint density at radius 1 is 1.09 bits per heavy atom. The topological polar surface area (TPSA) is 85.1 Å². The molecule has 0 aliphatic carbocycles. The lowest BCUT2D eigenvalue weighted by Gasteiger charge is -2.20. The zero-order chi connectivity index (χ0) is 22.2. The van der Waals surface area contributed by atoms with Crippen LogP contribution in [0.3, 0.4) is 0 Å². The molecule has 0 saturated carbocycles. The maximum atomic E-state index is 13.5. The van der Waals surface area contributed by atoms with Crippen molar-refractivity contribution in [1.82, 2.24) is 9.88 Å². The fourth-order valence-electron chi connectivity index (χ4n) is 3.61. The molecule has 5 rings (SSSR count). The summed E-state index contributed by atoms with van der Waals surface area (Å²) in [5, 5.41) is 1.21. The van der Waals surface area contributed by atoms with Crippen molar-refractivity contribution in [1.29, 1.82) is 0 Å². The van der Waals surface area contributed by atoms with Gasteiger partial charge in [0.1, 0.15) is 11.1 Å². The number of carbonyl (C=O) groups is 1. The molecule has 0 radical (unpaired) electrons. The molecule has 0 N–H and O–H groups in total. The van der Waals surface area contributed by atoms with Crippen LogP contribution in [0.1, 0.15) is 16.8 Å². The van der Waals surface area contributed by atoms with Crippen LogP contribution in [0, 0.1) is 0 Å². The fourth-order valence-corrected chi connectivity index (χ4v) is 4.61. The molecule has 164 valence electrons. The molecule has 0 unspecified atom stereocenters. The second-order valence-corrected chi connectivity index (χ2v) is 8.78. The highest BCUT2D eigenvalue weighted by molar-refractivity contribution is 7.22. The molecule has 9 heteroatoms. The number of hydrogen-bond donors (Lipinski definition) is 0. The summed E-state index contributed by atoms with van der Waals surface area (Å²) in [6.45, 7) is 1.39. The Kier molecular flexibility index (Phi) is 5.28. The highest BCUT2D eigenvalue weighted by Gasteiger charge is 2.26. The van der Waals surface area contributed by atoms with Gasteiger partial charge in [-0.05, 0) is 39.2 Å². The van der Waals surface area contributed by atoms with Gasteiger partial charge in [0.05, 0.1) is 10.2 Å². The molecule has 32 heavy (non-hydrogen) atoms. The molecule has 0 spiro atoms. The molecule has 0 fully saturated rings. The number of aromatic nitrogens is 1. The molecule has 8 nitrogen and oxygen atoms in total. The van der Waals surface area contributed by atoms with E-state index in [9.17, 15) is 9.59 Å². The average molecular weight is 452 g/mol. The smallest absolute Gasteiger partial charge is 0.349 e. The normalized spacial score (nSPS) is 12.7. The summed E-state index contributed by atoms with van der Waals surface area (Å²) >= 11 is 1.37. The summed E-state index contributed by atoms with van der Waals surface area (Å²) in [5.74, 6) is 0.866. The van der Waals surface area contributed by atoms with Crippen LogP contribution >= 0.6 is 11.3 Å². The van der Waals surface area contributed by atoms with Gasteiger partial charge in [-0.2, -0.15) is 0 Å². The van der Waals surface area contributed by atoms with Crippen molar-refractivity contribution >= 4 is 43.6 Å². The number of benzene rings is 2. The first-order valence-electron chi connectivity index (χ1n) is 10.2. The van der Waals surface area contributed by atoms with Crippen molar-refractivity contribution in [3.63, 3.8) is 0 Å².